The minimum Gasteiger partial charge on any atom is -0.452 e. The Morgan fingerprint density at radius 3 is 2.15 bits per heavy atom. The predicted molar refractivity (Wildman–Crippen MR) is 41.2 cm³/mol. The van der Waals surface area contributed by atoms with Crippen LogP contribution in [0.4, 0.5) is 0 Å². The number of hydrogen-bond donors (Lipinski definition) is 4. The molecule has 0 saturated heterocycles. The lowest BCUT2D eigenvalue weighted by molar-refractivity contribution is -0.356. The number of aliphatic hydroxyl groups excluding tert-OH is 1. The zero-order chi connectivity index (χ0) is 10.6. The highest BCUT2D eigenvalue weighted by atomic mass is 16.7. The van der Waals surface area contributed by atoms with Crippen LogP contribution in [-0.4, -0.2) is 44.6 Å². The van der Waals surface area contributed by atoms with Crippen LogP contribution in [0.5, 0.6) is 0 Å². The van der Waals surface area contributed by atoms with Gasteiger partial charge in [0, 0.05) is 0 Å². The van der Waals surface area contributed by atoms with Gasteiger partial charge in [-0.15, -0.1) is 0 Å². The van der Waals surface area contributed by atoms with Crippen molar-refractivity contribution in [2.24, 2.45) is 0 Å². The van der Waals surface area contributed by atoms with Gasteiger partial charge >= 0.3 is 11.9 Å². The van der Waals surface area contributed by atoms with Crippen LogP contribution in [0, 0.1) is 0 Å². The summed E-state index contributed by atoms with van der Waals surface area (Å²) in [4.78, 5) is 10.8. The molecular formula is C7H14O6. The first-order valence-corrected chi connectivity index (χ1v) is 3.84. The van der Waals surface area contributed by atoms with Crippen LogP contribution in [-0.2, 0) is 9.53 Å². The van der Waals surface area contributed by atoms with E-state index < -0.39 is 24.2 Å². The summed E-state index contributed by atoms with van der Waals surface area (Å²) in [6, 6.07) is 0. The molecule has 0 aliphatic rings. The van der Waals surface area contributed by atoms with E-state index in [0.717, 1.165) is 0 Å². The van der Waals surface area contributed by atoms with Crippen LogP contribution in [0.15, 0.2) is 0 Å². The van der Waals surface area contributed by atoms with Gasteiger partial charge in [0.05, 0.1) is 0 Å². The first-order valence-electron chi connectivity index (χ1n) is 3.84. The number of rotatable bonds is 4. The van der Waals surface area contributed by atoms with E-state index in [9.17, 15) is 4.79 Å². The molecule has 0 aliphatic heterocycles. The van der Waals surface area contributed by atoms with Crippen molar-refractivity contribution in [2.75, 3.05) is 0 Å². The first kappa shape index (κ1) is 12.3. The van der Waals surface area contributed by atoms with Crippen molar-refractivity contribution >= 4 is 5.97 Å². The molecule has 6 heteroatoms. The summed E-state index contributed by atoms with van der Waals surface area (Å²) in [5.41, 5.74) is 0. The maximum Gasteiger partial charge on any atom is 0.335 e. The second kappa shape index (κ2) is 4.52. The molecule has 2 atom stereocenters. The summed E-state index contributed by atoms with van der Waals surface area (Å²) < 4.78 is 4.39. The standard InChI is InChI=1S/C7H14O6/c1-3-5(7(10,11)12)13-6(9)4(2)8/h4-5,8,10-12H,3H2,1-2H3. The molecule has 0 heterocycles. The molecule has 0 radical (unpaired) electrons. The monoisotopic (exact) mass is 194 g/mol. The Hall–Kier alpha value is -0.690. The SMILES string of the molecule is CCC(OC(=O)C(C)O)C(O)(O)O. The lowest BCUT2D eigenvalue weighted by atomic mass is 10.2. The molecule has 0 aromatic carbocycles. The van der Waals surface area contributed by atoms with E-state index in [-0.39, 0.29) is 6.42 Å². The minimum atomic E-state index is -3.07. The van der Waals surface area contributed by atoms with Crippen molar-refractivity contribution in [1.82, 2.24) is 0 Å². The Kier molecular flexibility index (Phi) is 4.28. The predicted octanol–water partition coefficient (Wildman–Crippen LogP) is -1.68. The van der Waals surface area contributed by atoms with Gasteiger partial charge in [0.2, 0.25) is 0 Å². The summed E-state index contributed by atoms with van der Waals surface area (Å²) >= 11 is 0. The molecule has 0 fully saturated rings. The number of ether oxygens (including phenoxy) is 1. The molecule has 2 unspecified atom stereocenters. The lowest BCUT2D eigenvalue weighted by Crippen LogP contribution is -2.45. The molecule has 0 spiro atoms. The molecule has 6 nitrogen and oxygen atoms in total. The molecule has 0 bridgehead atoms. The van der Waals surface area contributed by atoms with Crippen LogP contribution in [0.25, 0.3) is 0 Å². The Balaban J connectivity index is 4.22. The molecule has 78 valence electrons. The van der Waals surface area contributed by atoms with Gasteiger partial charge in [0.1, 0.15) is 6.10 Å². The smallest absolute Gasteiger partial charge is 0.335 e. The number of esters is 1. The van der Waals surface area contributed by atoms with E-state index in [2.05, 4.69) is 4.74 Å². The third-order valence-electron chi connectivity index (χ3n) is 1.40. The number of carbonyl (C=O) groups is 1. The maximum atomic E-state index is 10.8. The third kappa shape index (κ3) is 4.18. The summed E-state index contributed by atoms with van der Waals surface area (Å²) in [7, 11) is 0. The van der Waals surface area contributed by atoms with Crippen LogP contribution in [0.2, 0.25) is 0 Å². The summed E-state index contributed by atoms with van der Waals surface area (Å²) in [5, 5.41) is 34.7. The van der Waals surface area contributed by atoms with Crippen molar-refractivity contribution < 1.29 is 30.0 Å². The third-order valence-corrected chi connectivity index (χ3v) is 1.40. The van der Waals surface area contributed by atoms with E-state index in [1.54, 1.807) is 0 Å². The average molecular weight is 194 g/mol. The van der Waals surface area contributed by atoms with Crippen LogP contribution >= 0.6 is 0 Å². The highest BCUT2D eigenvalue weighted by Gasteiger charge is 2.34. The Morgan fingerprint density at radius 2 is 1.92 bits per heavy atom. The highest BCUT2D eigenvalue weighted by molar-refractivity contribution is 5.74. The van der Waals surface area contributed by atoms with Crippen LogP contribution in [0.1, 0.15) is 20.3 Å². The van der Waals surface area contributed by atoms with Gasteiger partial charge in [-0.05, 0) is 13.3 Å². The van der Waals surface area contributed by atoms with Gasteiger partial charge in [-0.2, -0.15) is 0 Å². The summed E-state index contributed by atoms with van der Waals surface area (Å²) in [6.07, 6.45) is -2.81. The molecule has 0 aromatic rings. The fourth-order valence-electron chi connectivity index (χ4n) is 0.675. The normalized spacial score (nSPS) is 16.5. The fourth-order valence-corrected chi connectivity index (χ4v) is 0.675. The number of aliphatic hydroxyl groups is 4. The van der Waals surface area contributed by atoms with Gasteiger partial charge in [-0.1, -0.05) is 6.92 Å². The number of hydrogen-bond acceptors (Lipinski definition) is 6. The lowest BCUT2D eigenvalue weighted by Gasteiger charge is -2.24. The van der Waals surface area contributed by atoms with Crippen molar-refractivity contribution in [1.29, 1.82) is 0 Å². The zero-order valence-electron chi connectivity index (χ0n) is 7.47. The van der Waals surface area contributed by atoms with Crippen LogP contribution < -0.4 is 0 Å². The second-order valence-electron chi connectivity index (χ2n) is 2.70. The van der Waals surface area contributed by atoms with Crippen molar-refractivity contribution in [2.45, 2.75) is 38.4 Å². The minimum absolute atomic E-state index is 0.0158. The molecule has 0 rings (SSSR count). The van der Waals surface area contributed by atoms with E-state index >= 15 is 0 Å². The van der Waals surface area contributed by atoms with E-state index in [1.807, 2.05) is 0 Å². The van der Waals surface area contributed by atoms with Crippen molar-refractivity contribution in [3.63, 3.8) is 0 Å². The topological polar surface area (TPSA) is 107 Å². The van der Waals surface area contributed by atoms with Gasteiger partial charge in [-0.25, -0.2) is 4.79 Å². The molecule has 0 amide bonds. The summed E-state index contributed by atoms with van der Waals surface area (Å²) in [6.45, 7) is 2.65. The van der Waals surface area contributed by atoms with Crippen molar-refractivity contribution in [3.8, 4) is 0 Å². The van der Waals surface area contributed by atoms with E-state index in [4.69, 9.17) is 20.4 Å². The molecule has 13 heavy (non-hydrogen) atoms. The van der Waals surface area contributed by atoms with E-state index in [1.165, 1.54) is 13.8 Å². The average Bonchev–Trinajstić information content (AvgIpc) is 1.96. The van der Waals surface area contributed by atoms with Gasteiger partial charge in [0.25, 0.3) is 0 Å². The summed E-state index contributed by atoms with van der Waals surface area (Å²) in [5.74, 6) is -4.09. The maximum absolute atomic E-state index is 10.8. The largest absolute Gasteiger partial charge is 0.452 e. The Morgan fingerprint density at radius 1 is 1.46 bits per heavy atom. The quantitative estimate of drug-likeness (QED) is 0.314. The van der Waals surface area contributed by atoms with Gasteiger partial charge in [0.15, 0.2) is 6.10 Å². The Bertz CT molecular complexity index is 170. The first-order chi connectivity index (χ1) is 5.79. The van der Waals surface area contributed by atoms with Crippen LogP contribution in [0.3, 0.4) is 0 Å². The number of carbonyl (C=O) groups excluding carboxylic acids is 1. The second-order valence-corrected chi connectivity index (χ2v) is 2.70. The fraction of sp³-hybridized carbons (Fsp3) is 0.857. The van der Waals surface area contributed by atoms with Gasteiger partial charge < -0.3 is 25.2 Å². The Labute approximate surface area is 75.4 Å². The molecule has 0 saturated carbocycles. The highest BCUT2D eigenvalue weighted by Crippen LogP contribution is 2.11. The molecule has 4 N–H and O–H groups in total. The zero-order valence-corrected chi connectivity index (χ0v) is 7.47. The van der Waals surface area contributed by atoms with E-state index in [0.29, 0.717) is 0 Å². The van der Waals surface area contributed by atoms with Crippen molar-refractivity contribution in [3.05, 3.63) is 0 Å². The molecule has 0 aliphatic carbocycles. The van der Waals surface area contributed by atoms with Gasteiger partial charge in [-0.3, -0.25) is 0 Å². The molecular weight excluding hydrogens is 180 g/mol. The molecule has 0 aromatic heterocycles.